The van der Waals surface area contributed by atoms with E-state index < -0.39 is 0 Å². The summed E-state index contributed by atoms with van der Waals surface area (Å²) in [6, 6.07) is 17.5. The van der Waals surface area contributed by atoms with E-state index in [0.29, 0.717) is 0 Å². The molecule has 6 rings (SSSR count). The van der Waals surface area contributed by atoms with Crippen LogP contribution >= 0.6 is 45.8 Å². The predicted molar refractivity (Wildman–Crippen MR) is 155 cm³/mol. The molecule has 0 unspecified atom stereocenters. The molecule has 0 amide bonds. The molecule has 0 atom stereocenters. The lowest BCUT2D eigenvalue weighted by Crippen LogP contribution is -2.32. The number of aryl methyl sites for hydroxylation is 1. The van der Waals surface area contributed by atoms with E-state index in [4.69, 9.17) is 0 Å². The van der Waals surface area contributed by atoms with Gasteiger partial charge in [-0.05, 0) is 39.0 Å². The van der Waals surface area contributed by atoms with Gasteiger partial charge in [0, 0.05) is 32.8 Å². The molecule has 0 spiro atoms. The zero-order valence-corrected chi connectivity index (χ0v) is 22.6. The second-order valence-electron chi connectivity index (χ2n) is 8.24. The summed E-state index contributed by atoms with van der Waals surface area (Å²) in [6.07, 6.45) is 9.07. The first-order valence-electron chi connectivity index (χ1n) is 11.6. The lowest BCUT2D eigenvalue weighted by atomic mass is 10.2. The summed E-state index contributed by atoms with van der Waals surface area (Å²) in [7, 11) is 0. The van der Waals surface area contributed by atoms with Crippen LogP contribution in [0.2, 0.25) is 0 Å². The molecule has 2 nitrogen and oxygen atoms in total. The molecule has 0 fully saturated rings. The van der Waals surface area contributed by atoms with Crippen LogP contribution in [0.4, 0.5) is 5.00 Å². The molecule has 5 aromatic rings. The van der Waals surface area contributed by atoms with Crippen molar-refractivity contribution in [2.45, 2.75) is 32.2 Å². The molecule has 1 aliphatic heterocycles. The van der Waals surface area contributed by atoms with E-state index in [9.17, 15) is 0 Å². The van der Waals surface area contributed by atoms with Gasteiger partial charge in [0.25, 0.3) is 9.84 Å². The molecule has 0 aliphatic carbocycles. The number of rotatable bonds is 5. The number of hydrogen-bond donors (Lipinski definition) is 0. The molecule has 2 aromatic carbocycles. The number of thiazole rings is 1. The third kappa shape index (κ3) is 3.64. The lowest BCUT2D eigenvalue weighted by Gasteiger charge is -2.16. The standard InChI is InChI=1S/C28H25N2S4/c1-4-29-23(33-25-19-10-6-8-12-21(19)31-27(25)29)16-14-18(3)15-17-24-30(5-2)28-26(34-24)20-11-7-9-13-22(20)32-28/h6-17H,4-5H2,1-3H3/q+1. The minimum atomic E-state index is 0.984. The van der Waals surface area contributed by atoms with Crippen LogP contribution in [-0.4, -0.2) is 6.54 Å². The molecule has 170 valence electrons. The van der Waals surface area contributed by atoms with Crippen molar-refractivity contribution in [3.05, 3.63) is 82.4 Å². The van der Waals surface area contributed by atoms with Crippen molar-refractivity contribution in [1.29, 1.82) is 0 Å². The summed E-state index contributed by atoms with van der Waals surface area (Å²) >= 11 is 7.60. The zero-order valence-electron chi connectivity index (χ0n) is 19.4. The van der Waals surface area contributed by atoms with Gasteiger partial charge in [0.15, 0.2) is 0 Å². The van der Waals surface area contributed by atoms with Crippen LogP contribution in [0, 0.1) is 0 Å². The molecule has 6 heteroatoms. The fraction of sp³-hybridized carbons (Fsp3) is 0.179. The predicted octanol–water partition coefficient (Wildman–Crippen LogP) is 9.07. The van der Waals surface area contributed by atoms with E-state index >= 15 is 0 Å². The highest BCUT2D eigenvalue weighted by molar-refractivity contribution is 8.04. The van der Waals surface area contributed by atoms with Crippen LogP contribution in [0.25, 0.3) is 35.8 Å². The Balaban J connectivity index is 1.28. The number of benzene rings is 2. The van der Waals surface area contributed by atoms with Crippen molar-refractivity contribution >= 4 is 86.6 Å². The summed E-state index contributed by atoms with van der Waals surface area (Å²) in [5, 5.41) is 6.77. The largest absolute Gasteiger partial charge is 0.327 e. The van der Waals surface area contributed by atoms with E-state index in [1.165, 1.54) is 55.2 Å². The Hall–Kier alpha value is -2.38. The highest BCUT2D eigenvalue weighted by Crippen LogP contribution is 2.54. The minimum absolute atomic E-state index is 0.984. The van der Waals surface area contributed by atoms with Crippen LogP contribution in [-0.2, 0) is 6.54 Å². The molecule has 0 radical (unpaired) electrons. The summed E-state index contributed by atoms with van der Waals surface area (Å²) in [5.41, 5.74) is 1.26. The topological polar surface area (TPSA) is 7.12 Å². The molecule has 4 heterocycles. The van der Waals surface area contributed by atoms with Crippen LogP contribution in [0.3, 0.4) is 0 Å². The van der Waals surface area contributed by atoms with E-state index in [2.05, 4.69) is 103 Å². The van der Waals surface area contributed by atoms with Crippen LogP contribution < -0.4 is 9.47 Å². The average Bonchev–Trinajstić information content (AvgIpc) is 3.58. The number of allylic oxidation sites excluding steroid dienone is 4. The number of aromatic nitrogens is 1. The zero-order chi connectivity index (χ0) is 23.2. The van der Waals surface area contributed by atoms with Gasteiger partial charge >= 0.3 is 0 Å². The smallest absolute Gasteiger partial charge is 0.281 e. The first-order valence-corrected chi connectivity index (χ1v) is 14.8. The van der Waals surface area contributed by atoms with Gasteiger partial charge in [0.2, 0.25) is 0 Å². The third-order valence-corrected chi connectivity index (χ3v) is 11.1. The number of anilines is 1. The minimum Gasteiger partial charge on any atom is -0.327 e. The van der Waals surface area contributed by atoms with Gasteiger partial charge in [-0.3, -0.25) is 0 Å². The SMILES string of the molecule is CCN1C(=CC=C(C)C=Cc2sc3c4ccccc4sc3[n+]2CC)Sc2c1sc1ccccc21. The number of nitrogens with zero attached hydrogens (tertiary/aromatic N) is 2. The van der Waals surface area contributed by atoms with Crippen molar-refractivity contribution in [1.82, 2.24) is 0 Å². The molecule has 34 heavy (non-hydrogen) atoms. The van der Waals surface area contributed by atoms with Crippen molar-refractivity contribution in [2.24, 2.45) is 0 Å². The number of fused-ring (bicyclic) bond motifs is 6. The summed E-state index contributed by atoms with van der Waals surface area (Å²) in [4.78, 5) is 5.24. The maximum absolute atomic E-state index is 2.45. The molecular weight excluding hydrogens is 493 g/mol. The van der Waals surface area contributed by atoms with E-state index in [-0.39, 0.29) is 0 Å². The highest BCUT2D eigenvalue weighted by atomic mass is 32.2. The normalized spacial score (nSPS) is 15.7. The molecular formula is C28H25N2S4+. The molecule has 0 bridgehead atoms. The molecule has 3 aromatic heterocycles. The fourth-order valence-electron chi connectivity index (χ4n) is 4.40. The molecule has 0 N–H and O–H groups in total. The van der Waals surface area contributed by atoms with E-state index in [1.807, 2.05) is 45.8 Å². The van der Waals surface area contributed by atoms with Crippen molar-refractivity contribution < 1.29 is 4.57 Å². The van der Waals surface area contributed by atoms with Gasteiger partial charge in [-0.25, -0.2) is 0 Å². The van der Waals surface area contributed by atoms with Gasteiger partial charge < -0.3 is 4.90 Å². The maximum atomic E-state index is 2.45. The van der Waals surface area contributed by atoms with E-state index in [1.54, 1.807) is 0 Å². The Morgan fingerprint density at radius 3 is 2.44 bits per heavy atom. The quantitative estimate of drug-likeness (QED) is 0.169. The fourth-order valence-corrected chi connectivity index (χ4v) is 9.82. The van der Waals surface area contributed by atoms with Crippen LogP contribution in [0.5, 0.6) is 0 Å². The second-order valence-corrected chi connectivity index (χ2v) is 12.4. The Kier molecular flexibility index (Phi) is 5.86. The van der Waals surface area contributed by atoms with Crippen molar-refractivity contribution in [2.75, 3.05) is 11.4 Å². The molecule has 1 aliphatic rings. The lowest BCUT2D eigenvalue weighted by molar-refractivity contribution is -0.663. The first-order chi connectivity index (χ1) is 16.7. The highest BCUT2D eigenvalue weighted by Gasteiger charge is 2.28. The summed E-state index contributed by atoms with van der Waals surface area (Å²) in [6.45, 7) is 8.63. The molecule has 0 saturated carbocycles. The van der Waals surface area contributed by atoms with E-state index in [0.717, 1.165) is 13.1 Å². The van der Waals surface area contributed by atoms with Gasteiger partial charge in [-0.1, -0.05) is 88.6 Å². The second kappa shape index (κ2) is 9.00. The third-order valence-electron chi connectivity index (χ3n) is 6.11. The van der Waals surface area contributed by atoms with Crippen molar-refractivity contribution in [3.8, 4) is 0 Å². The Labute approximate surface area is 216 Å². The Morgan fingerprint density at radius 1 is 0.941 bits per heavy atom. The summed E-state index contributed by atoms with van der Waals surface area (Å²) in [5.74, 6) is 0. The number of thioether (sulfide) groups is 1. The Bertz CT molecular complexity index is 1630. The van der Waals surface area contributed by atoms with Crippen LogP contribution in [0.15, 0.2) is 82.3 Å². The van der Waals surface area contributed by atoms with Gasteiger partial charge in [0.1, 0.15) is 16.2 Å². The Morgan fingerprint density at radius 2 is 1.68 bits per heavy atom. The van der Waals surface area contributed by atoms with Crippen molar-refractivity contribution in [3.63, 3.8) is 0 Å². The molecule has 0 saturated heterocycles. The van der Waals surface area contributed by atoms with Gasteiger partial charge in [0.05, 0.1) is 9.92 Å². The maximum Gasteiger partial charge on any atom is 0.281 e. The van der Waals surface area contributed by atoms with Crippen LogP contribution in [0.1, 0.15) is 25.8 Å². The monoisotopic (exact) mass is 517 g/mol. The number of hydrogen-bond acceptors (Lipinski definition) is 5. The summed E-state index contributed by atoms with van der Waals surface area (Å²) < 4.78 is 6.60. The average molecular weight is 518 g/mol. The van der Waals surface area contributed by atoms with Gasteiger partial charge in [-0.15, -0.1) is 11.3 Å². The first kappa shape index (κ1) is 22.1. The number of thiophene rings is 2. The van der Waals surface area contributed by atoms with Gasteiger partial charge in [-0.2, -0.15) is 4.57 Å².